The van der Waals surface area contributed by atoms with E-state index in [1.165, 1.54) is 0 Å². The number of nitrogens with zero attached hydrogens (tertiary/aromatic N) is 10. The molecule has 23 heteroatoms. The second kappa shape index (κ2) is 25.4. The van der Waals surface area contributed by atoms with Crippen molar-refractivity contribution in [2.24, 2.45) is 0 Å². The van der Waals surface area contributed by atoms with Crippen molar-refractivity contribution in [1.82, 2.24) is 38.7 Å². The van der Waals surface area contributed by atoms with Crippen molar-refractivity contribution in [3.8, 4) is 0 Å². The van der Waals surface area contributed by atoms with Crippen LogP contribution in [0.3, 0.4) is 0 Å². The Morgan fingerprint density at radius 1 is 0.654 bits per heavy atom. The standard InChI is InChI=1S/C55H68N10O10S2.Na/c1-54(2)44-36-42(52(68)62-30-26-60(27-31-62)50(66)38-58-24-20-56-40-58)16-18-46(44)64(22-10-12-34-76(70,71)72)48(54)14-8-6-5-7-9-15-49-55(3,4)45-37-43(17-19-47(45)65(49)23-11-13-35-77(73,74)75)53(69)63-32-28-61(29-33-63)51(67)39-59-25-21-57-41-59;/h5-9,14-21,24-25,36-37,40-41H,10-13,22-23,26-35,38-39H2,1-4H3,(H-,70,71,72,73,74,75);/q;+1. The van der Waals surface area contributed by atoms with Crippen LogP contribution in [0.5, 0.6) is 0 Å². The van der Waals surface area contributed by atoms with Crippen LogP contribution in [0.25, 0.3) is 0 Å². The van der Waals surface area contributed by atoms with Crippen molar-refractivity contribution < 1.29 is 79.3 Å². The Hall–Kier alpha value is -6.01. The molecule has 0 unspecified atom stereocenters. The maximum atomic E-state index is 14.0. The van der Waals surface area contributed by atoms with Gasteiger partial charge in [0.2, 0.25) is 17.5 Å². The summed E-state index contributed by atoms with van der Waals surface area (Å²) in [5.74, 6) is -1.14. The van der Waals surface area contributed by atoms with Crippen molar-refractivity contribution in [2.45, 2.75) is 77.3 Å². The maximum absolute atomic E-state index is 14.0. The van der Waals surface area contributed by atoms with Crippen LogP contribution in [0.4, 0.5) is 11.4 Å². The van der Waals surface area contributed by atoms with Crippen molar-refractivity contribution in [3.63, 3.8) is 0 Å². The van der Waals surface area contributed by atoms with E-state index in [0.717, 1.165) is 33.9 Å². The van der Waals surface area contributed by atoms with E-state index in [4.69, 9.17) is 0 Å². The molecule has 4 aromatic rings. The molecule has 2 saturated heterocycles. The van der Waals surface area contributed by atoms with Crippen molar-refractivity contribution in [2.75, 3.05) is 81.9 Å². The van der Waals surface area contributed by atoms with E-state index in [9.17, 15) is 45.1 Å². The summed E-state index contributed by atoms with van der Waals surface area (Å²) in [5, 5.41) is 0. The third-order valence-electron chi connectivity index (χ3n) is 14.9. The van der Waals surface area contributed by atoms with Crippen molar-refractivity contribution in [1.29, 1.82) is 0 Å². The van der Waals surface area contributed by atoms with Gasteiger partial charge in [0.05, 0.1) is 33.9 Å². The second-order valence-electron chi connectivity index (χ2n) is 20.9. The molecule has 4 amide bonds. The summed E-state index contributed by atoms with van der Waals surface area (Å²) in [7, 11) is -8.51. The van der Waals surface area contributed by atoms with Crippen LogP contribution in [0.1, 0.15) is 85.2 Å². The molecule has 410 valence electrons. The second-order valence-corrected chi connectivity index (χ2v) is 24.0. The molecule has 1 N–H and O–H groups in total. The topological polar surface area (TPSA) is 235 Å². The fourth-order valence-corrected chi connectivity index (χ4v) is 11.8. The molecule has 0 saturated carbocycles. The number of piperazine rings is 2. The first-order valence-corrected chi connectivity index (χ1v) is 29.2. The fourth-order valence-electron chi connectivity index (χ4n) is 10.6. The molecule has 4 aliphatic heterocycles. The Bertz CT molecular complexity index is 3230. The van der Waals surface area contributed by atoms with Crippen LogP contribution in [0, 0.1) is 0 Å². The minimum atomic E-state index is -4.38. The number of carbonyl (C=O) groups excluding carboxylic acids is 4. The molecule has 6 heterocycles. The van der Waals surface area contributed by atoms with Gasteiger partial charge < -0.3 is 38.2 Å². The third-order valence-corrected chi connectivity index (χ3v) is 16.5. The maximum Gasteiger partial charge on any atom is 1.00 e. The Morgan fingerprint density at radius 3 is 1.71 bits per heavy atom. The number of hydrogen-bond donors (Lipinski definition) is 1. The molecule has 0 radical (unpaired) electrons. The average molecular weight is 1120 g/mol. The molecule has 8 rings (SSSR count). The molecule has 0 bridgehead atoms. The van der Waals surface area contributed by atoms with Gasteiger partial charge in [-0.25, -0.2) is 18.4 Å². The first-order chi connectivity index (χ1) is 36.6. The number of aromatic nitrogens is 4. The fraction of sp³-hybridized carbons (Fsp3) is 0.436. The van der Waals surface area contributed by atoms with E-state index in [1.807, 2.05) is 72.9 Å². The minimum absolute atomic E-state index is 0. The number of imidazole rings is 2. The minimum Gasteiger partial charge on any atom is -0.748 e. The Morgan fingerprint density at radius 2 is 1.17 bits per heavy atom. The van der Waals surface area contributed by atoms with Crippen molar-refractivity contribution in [3.05, 3.63) is 144 Å². The zero-order valence-corrected chi connectivity index (χ0v) is 48.7. The van der Waals surface area contributed by atoms with Gasteiger partial charge >= 0.3 is 29.6 Å². The van der Waals surface area contributed by atoms with Crippen LogP contribution < -0.4 is 34.5 Å². The van der Waals surface area contributed by atoms with Crippen LogP contribution in [-0.2, 0) is 53.7 Å². The number of benzene rings is 2. The summed E-state index contributed by atoms with van der Waals surface area (Å²) in [4.78, 5) is 70.9. The molecule has 2 fully saturated rings. The molecule has 0 spiro atoms. The zero-order valence-electron chi connectivity index (χ0n) is 45.1. The van der Waals surface area contributed by atoms with Gasteiger partial charge in [-0.15, -0.1) is 0 Å². The molecule has 2 aromatic heterocycles. The molecule has 0 atom stereocenters. The van der Waals surface area contributed by atoms with E-state index >= 15 is 0 Å². The number of fused-ring (bicyclic) bond motifs is 2. The van der Waals surface area contributed by atoms with E-state index in [1.54, 1.807) is 72.2 Å². The van der Waals surface area contributed by atoms with Gasteiger partial charge in [0.15, 0.2) is 5.71 Å². The van der Waals surface area contributed by atoms with E-state index < -0.39 is 36.8 Å². The first kappa shape index (κ1) is 59.6. The van der Waals surface area contributed by atoms with Crippen molar-refractivity contribution >= 4 is 61.0 Å². The number of carbonyl (C=O) groups is 4. The Balaban J connectivity index is 0.00000882. The summed E-state index contributed by atoms with van der Waals surface area (Å²) in [6.07, 6.45) is 24.8. The largest absolute Gasteiger partial charge is 1.00 e. The van der Waals surface area contributed by atoms with Gasteiger partial charge in [0.1, 0.15) is 19.6 Å². The quantitative estimate of drug-likeness (QED) is 0.0438. The normalized spacial score (nSPS) is 17.9. The number of rotatable bonds is 20. The molecule has 4 aliphatic rings. The molecular formula is C55H68N10NaO10S2+. The number of allylic oxidation sites excluding steroid dienone is 8. The summed E-state index contributed by atoms with van der Waals surface area (Å²) in [6.45, 7) is 12.9. The van der Waals surface area contributed by atoms with Gasteiger partial charge in [0, 0.05) is 141 Å². The number of hydrogen-bond acceptors (Lipinski definition) is 12. The smallest absolute Gasteiger partial charge is 0.748 e. The average Bonchev–Trinajstić information content (AvgIpc) is 4.24. The van der Waals surface area contributed by atoms with Crippen LogP contribution in [0.15, 0.2) is 122 Å². The monoisotopic (exact) mass is 1120 g/mol. The summed E-state index contributed by atoms with van der Waals surface area (Å²) >= 11 is 0. The van der Waals surface area contributed by atoms with E-state index in [2.05, 4.69) is 47.1 Å². The number of anilines is 1. The number of unbranched alkanes of at least 4 members (excludes halogenated alkanes) is 2. The van der Waals surface area contributed by atoms with Gasteiger partial charge in [0.25, 0.3) is 21.9 Å². The predicted molar refractivity (Wildman–Crippen MR) is 290 cm³/mol. The number of amides is 4. The van der Waals surface area contributed by atoms with Crippen LogP contribution in [0.2, 0.25) is 0 Å². The van der Waals surface area contributed by atoms with E-state index in [0.29, 0.717) is 89.4 Å². The van der Waals surface area contributed by atoms with Gasteiger partial charge in [-0.1, -0.05) is 44.2 Å². The Kier molecular flexibility index (Phi) is 19.4. The van der Waals surface area contributed by atoms with E-state index in [-0.39, 0.29) is 84.9 Å². The Labute approximate surface area is 479 Å². The predicted octanol–water partition coefficient (Wildman–Crippen LogP) is 1.77. The third kappa shape index (κ3) is 14.4. The van der Waals surface area contributed by atoms with Gasteiger partial charge in [-0.05, 0) is 75.1 Å². The van der Waals surface area contributed by atoms with Gasteiger partial charge in [-0.2, -0.15) is 13.0 Å². The van der Waals surface area contributed by atoms with Crippen LogP contribution >= 0.6 is 0 Å². The molecule has 78 heavy (non-hydrogen) atoms. The summed E-state index contributed by atoms with van der Waals surface area (Å²) < 4.78 is 72.6. The zero-order chi connectivity index (χ0) is 55.1. The molecule has 20 nitrogen and oxygen atoms in total. The molecule has 2 aromatic carbocycles. The van der Waals surface area contributed by atoms with Crippen LogP contribution in [-0.4, -0.2) is 176 Å². The summed E-state index contributed by atoms with van der Waals surface area (Å²) in [5.41, 5.74) is 5.43. The SMILES string of the molecule is CC1(C)C(=CC=CC=CC=CC2=[N+](CCCCS(=O)(=O)O)c3ccc(C(=O)N4CCN(C(=O)Cn5ccnc5)CC4)cc3C2(C)C)N(CCCCS(=O)(=O)[O-])c2ccc(C(=O)N3CCN(C(=O)Cn4ccnc4)CC3)cc21.[Na+]. The molecular weight excluding hydrogens is 1050 g/mol. The van der Waals surface area contributed by atoms with Gasteiger partial charge in [-0.3, -0.25) is 23.7 Å². The molecule has 0 aliphatic carbocycles. The summed E-state index contributed by atoms with van der Waals surface area (Å²) in [6, 6.07) is 11.3. The first-order valence-electron chi connectivity index (χ1n) is 26.0.